The Morgan fingerprint density at radius 2 is 2.50 bits per heavy atom. The van der Waals surface area contributed by atoms with Gasteiger partial charge >= 0.3 is 0 Å². The summed E-state index contributed by atoms with van der Waals surface area (Å²) in [6, 6.07) is 0. The predicted octanol–water partition coefficient (Wildman–Crippen LogP) is -0.315. The van der Waals surface area contributed by atoms with Crippen LogP contribution in [0, 0.1) is 18.3 Å². The van der Waals surface area contributed by atoms with E-state index < -0.39 is 0 Å². The van der Waals surface area contributed by atoms with E-state index in [1.54, 1.807) is 0 Å². The zero-order chi connectivity index (χ0) is 7.35. The van der Waals surface area contributed by atoms with Crippen molar-refractivity contribution >= 4 is 0 Å². The van der Waals surface area contributed by atoms with Gasteiger partial charge in [0.15, 0.2) is 0 Å². The molecule has 2 fully saturated rings. The second kappa shape index (κ2) is 1.55. The fourth-order valence-electron chi connectivity index (χ4n) is 2.02. The van der Waals surface area contributed by atoms with Gasteiger partial charge in [-0.2, -0.15) is 0 Å². The second-order valence-electron chi connectivity index (χ2n) is 3.33. The normalized spacial score (nSPS) is 52.1. The van der Waals surface area contributed by atoms with E-state index in [9.17, 15) is 5.11 Å². The first-order chi connectivity index (χ1) is 4.70. The topological polar surface area (TPSA) is 23.5 Å². The lowest BCUT2D eigenvalue weighted by Crippen LogP contribution is -2.30. The highest BCUT2D eigenvalue weighted by Gasteiger charge is 2.64. The maximum atomic E-state index is 9.37. The van der Waals surface area contributed by atoms with Crippen LogP contribution in [0.25, 0.3) is 0 Å². The van der Waals surface area contributed by atoms with Gasteiger partial charge in [-0.1, -0.05) is 5.92 Å². The molecular weight excluding hydrogens is 126 g/mol. The van der Waals surface area contributed by atoms with Gasteiger partial charge in [-0.25, -0.2) is 0 Å². The molecule has 0 aromatic rings. The van der Waals surface area contributed by atoms with Gasteiger partial charge in [0, 0.05) is 12.5 Å². The fourth-order valence-corrected chi connectivity index (χ4v) is 2.02. The van der Waals surface area contributed by atoms with Crippen molar-refractivity contribution in [3.8, 4) is 12.3 Å². The Balaban J connectivity index is 2.25. The lowest BCUT2D eigenvalue weighted by Gasteiger charge is -2.17. The number of β-amino-alcohol motifs (C(OH)–C–C–N with tert-alkyl or cyclic N) is 1. The van der Waals surface area contributed by atoms with Crippen LogP contribution in [0.2, 0.25) is 0 Å². The summed E-state index contributed by atoms with van der Waals surface area (Å²) < 4.78 is 0. The molecular formula is C8H11NO. The molecule has 1 saturated heterocycles. The van der Waals surface area contributed by atoms with Gasteiger partial charge in [0.2, 0.25) is 0 Å². The molecule has 3 atom stereocenters. The summed E-state index contributed by atoms with van der Waals surface area (Å²) in [5, 5.41) is 9.37. The second-order valence-corrected chi connectivity index (χ2v) is 3.33. The van der Waals surface area contributed by atoms with E-state index in [1.807, 2.05) is 7.05 Å². The Bertz CT molecular complexity index is 204. The van der Waals surface area contributed by atoms with Gasteiger partial charge in [0.1, 0.15) is 0 Å². The number of likely N-dealkylation sites (N-methyl/N-ethyl adjacent to an activating group) is 1. The van der Waals surface area contributed by atoms with Crippen molar-refractivity contribution in [1.82, 2.24) is 4.90 Å². The first-order valence-electron chi connectivity index (χ1n) is 3.58. The molecule has 2 aliphatic rings. The molecule has 1 saturated carbocycles. The molecule has 0 spiro atoms. The molecule has 2 heteroatoms. The summed E-state index contributed by atoms with van der Waals surface area (Å²) in [6.45, 7) is 0.745. The largest absolute Gasteiger partial charge is 0.391 e. The van der Waals surface area contributed by atoms with Crippen LogP contribution in [0.5, 0.6) is 0 Å². The molecule has 0 bridgehead atoms. The van der Waals surface area contributed by atoms with Crippen molar-refractivity contribution in [3.05, 3.63) is 0 Å². The SMILES string of the molecule is C#CC12CC1C(O)CN2C. The van der Waals surface area contributed by atoms with Crippen LogP contribution in [0.3, 0.4) is 0 Å². The van der Waals surface area contributed by atoms with E-state index in [4.69, 9.17) is 6.42 Å². The van der Waals surface area contributed by atoms with Crippen LogP contribution < -0.4 is 0 Å². The summed E-state index contributed by atoms with van der Waals surface area (Å²) >= 11 is 0. The molecule has 54 valence electrons. The van der Waals surface area contributed by atoms with E-state index in [0.717, 1.165) is 13.0 Å². The monoisotopic (exact) mass is 137 g/mol. The van der Waals surface area contributed by atoms with Gasteiger partial charge in [-0.3, -0.25) is 4.90 Å². The number of nitrogens with zero attached hydrogens (tertiary/aromatic N) is 1. The number of likely N-dealkylation sites (tertiary alicyclic amines) is 1. The average Bonchev–Trinajstić information content (AvgIpc) is 2.57. The summed E-state index contributed by atoms with van der Waals surface area (Å²) in [4.78, 5) is 2.09. The summed E-state index contributed by atoms with van der Waals surface area (Å²) in [5.41, 5.74) is -0.0561. The number of rotatable bonds is 0. The Morgan fingerprint density at radius 1 is 1.80 bits per heavy atom. The smallest absolute Gasteiger partial charge is 0.0880 e. The van der Waals surface area contributed by atoms with Crippen LogP contribution in [-0.2, 0) is 0 Å². The number of aliphatic hydroxyl groups excluding tert-OH is 1. The standard InChI is InChI=1S/C8H11NO/c1-3-8-4-6(8)7(10)5-9(8)2/h1,6-7,10H,4-5H2,2H3. The van der Waals surface area contributed by atoms with Crippen molar-refractivity contribution in [1.29, 1.82) is 0 Å². The highest BCUT2D eigenvalue weighted by atomic mass is 16.3. The first kappa shape index (κ1) is 6.21. The minimum absolute atomic E-state index is 0.0561. The molecule has 3 unspecified atom stereocenters. The predicted molar refractivity (Wildman–Crippen MR) is 38.3 cm³/mol. The molecule has 1 N–H and O–H groups in total. The van der Waals surface area contributed by atoms with Crippen LogP contribution in [0.15, 0.2) is 0 Å². The molecule has 0 aromatic heterocycles. The third-order valence-corrected chi connectivity index (χ3v) is 2.84. The number of fused-ring (bicyclic) bond motifs is 1. The Morgan fingerprint density at radius 3 is 2.70 bits per heavy atom. The van der Waals surface area contributed by atoms with Gasteiger partial charge in [0.05, 0.1) is 11.6 Å². The van der Waals surface area contributed by atoms with Crippen LogP contribution in [-0.4, -0.2) is 35.2 Å². The molecule has 0 radical (unpaired) electrons. The number of hydrogen-bond donors (Lipinski definition) is 1. The van der Waals surface area contributed by atoms with Crippen molar-refractivity contribution in [2.24, 2.45) is 5.92 Å². The molecule has 2 nitrogen and oxygen atoms in total. The van der Waals surface area contributed by atoms with E-state index in [0.29, 0.717) is 5.92 Å². The highest BCUT2D eigenvalue weighted by Crippen LogP contribution is 2.54. The molecule has 0 amide bonds. The van der Waals surface area contributed by atoms with Crippen LogP contribution in [0.1, 0.15) is 6.42 Å². The Labute approximate surface area is 60.8 Å². The van der Waals surface area contributed by atoms with E-state index in [2.05, 4.69) is 10.8 Å². The van der Waals surface area contributed by atoms with Crippen molar-refractivity contribution in [2.45, 2.75) is 18.1 Å². The van der Waals surface area contributed by atoms with Gasteiger partial charge in [-0.15, -0.1) is 6.42 Å². The minimum atomic E-state index is -0.180. The van der Waals surface area contributed by atoms with Crippen molar-refractivity contribution < 1.29 is 5.11 Å². The molecule has 2 rings (SSSR count). The zero-order valence-electron chi connectivity index (χ0n) is 6.04. The van der Waals surface area contributed by atoms with Crippen LogP contribution in [0.4, 0.5) is 0 Å². The van der Waals surface area contributed by atoms with Gasteiger partial charge in [0.25, 0.3) is 0 Å². The van der Waals surface area contributed by atoms with Crippen molar-refractivity contribution in [3.63, 3.8) is 0 Å². The van der Waals surface area contributed by atoms with E-state index in [-0.39, 0.29) is 11.6 Å². The Kier molecular flexibility index (Phi) is 0.964. The molecule has 10 heavy (non-hydrogen) atoms. The van der Waals surface area contributed by atoms with E-state index in [1.165, 1.54) is 0 Å². The number of terminal acetylenes is 1. The highest BCUT2D eigenvalue weighted by molar-refractivity contribution is 5.32. The third kappa shape index (κ3) is 0.484. The molecule has 1 heterocycles. The first-order valence-corrected chi connectivity index (χ1v) is 3.58. The molecule has 1 aliphatic carbocycles. The lowest BCUT2D eigenvalue weighted by atomic mass is 10.2. The number of piperidine rings is 1. The zero-order valence-corrected chi connectivity index (χ0v) is 6.04. The van der Waals surface area contributed by atoms with Gasteiger partial charge < -0.3 is 5.11 Å². The third-order valence-electron chi connectivity index (χ3n) is 2.84. The molecule has 0 aromatic carbocycles. The lowest BCUT2D eigenvalue weighted by molar-refractivity contribution is 0.150. The molecule has 1 aliphatic heterocycles. The summed E-state index contributed by atoms with van der Waals surface area (Å²) in [7, 11) is 1.98. The summed E-state index contributed by atoms with van der Waals surface area (Å²) in [5.74, 6) is 3.12. The van der Waals surface area contributed by atoms with Crippen LogP contribution >= 0.6 is 0 Å². The quantitative estimate of drug-likeness (QED) is 0.463. The average molecular weight is 137 g/mol. The maximum Gasteiger partial charge on any atom is 0.0880 e. The van der Waals surface area contributed by atoms with E-state index >= 15 is 0 Å². The summed E-state index contributed by atoms with van der Waals surface area (Å²) in [6.07, 6.45) is 6.17. The fraction of sp³-hybridized carbons (Fsp3) is 0.750. The van der Waals surface area contributed by atoms with Gasteiger partial charge in [-0.05, 0) is 13.5 Å². The maximum absolute atomic E-state index is 9.37. The number of hydrogen-bond acceptors (Lipinski definition) is 2. The minimum Gasteiger partial charge on any atom is -0.391 e. The Hall–Kier alpha value is -0.520. The van der Waals surface area contributed by atoms with Crippen molar-refractivity contribution in [2.75, 3.05) is 13.6 Å². The number of aliphatic hydroxyl groups is 1.